The van der Waals surface area contributed by atoms with Crippen LogP contribution in [0.1, 0.15) is 11.3 Å². The Hall–Kier alpha value is -4.47. The lowest BCUT2D eigenvalue weighted by Gasteiger charge is -2.12. The Morgan fingerprint density at radius 1 is 0.846 bits per heavy atom. The molecule has 5 aromatic rings. The molecule has 0 N–H and O–H groups in total. The van der Waals surface area contributed by atoms with Gasteiger partial charge in [0.05, 0.1) is 27.7 Å². The lowest BCUT2D eigenvalue weighted by Crippen LogP contribution is -2.33. The maximum Gasteiger partial charge on any atom is 0.296 e. The van der Waals surface area contributed by atoms with E-state index < -0.39 is 0 Å². The molecule has 0 radical (unpaired) electrons. The van der Waals surface area contributed by atoms with Gasteiger partial charge in [-0.25, -0.2) is 9.36 Å². The first-order valence-corrected chi connectivity index (χ1v) is 13.5. The Kier molecular flexibility index (Phi) is 6.38. The van der Waals surface area contributed by atoms with Gasteiger partial charge in [0.1, 0.15) is 5.69 Å². The predicted molar refractivity (Wildman–Crippen MR) is 160 cm³/mol. The molecule has 0 saturated carbocycles. The van der Waals surface area contributed by atoms with Crippen molar-refractivity contribution in [1.29, 1.82) is 0 Å². The highest BCUT2D eigenvalue weighted by atomic mass is 32.2. The minimum Gasteiger partial charge on any atom is -0.283 e. The fourth-order valence-electron chi connectivity index (χ4n) is 4.64. The monoisotopic (exact) mass is 549 g/mol. The van der Waals surface area contributed by atoms with Gasteiger partial charge in [-0.15, -0.1) is 0 Å². The fraction of sp³-hybridized carbons (Fsp3) is 0.0667. The van der Waals surface area contributed by atoms with Crippen molar-refractivity contribution in [2.24, 2.45) is 7.05 Å². The molecule has 39 heavy (non-hydrogen) atoms. The zero-order valence-electron chi connectivity index (χ0n) is 21.2. The molecule has 192 valence electrons. The molecule has 0 spiro atoms. The van der Waals surface area contributed by atoms with E-state index in [1.807, 2.05) is 110 Å². The van der Waals surface area contributed by atoms with E-state index in [1.54, 1.807) is 21.1 Å². The van der Waals surface area contributed by atoms with Gasteiger partial charge in [0, 0.05) is 24.4 Å². The number of rotatable bonds is 5. The van der Waals surface area contributed by atoms with Crippen LogP contribution in [0, 0.1) is 6.92 Å². The summed E-state index contributed by atoms with van der Waals surface area (Å²) in [7, 11) is 1.80. The van der Waals surface area contributed by atoms with Gasteiger partial charge in [0.15, 0.2) is 4.32 Å². The van der Waals surface area contributed by atoms with Gasteiger partial charge in [-0.3, -0.25) is 19.2 Å². The maximum absolute atomic E-state index is 13.8. The number of carbonyl (C=O) groups excluding carboxylic acids is 1. The second-order valence-electron chi connectivity index (χ2n) is 9.01. The van der Waals surface area contributed by atoms with E-state index in [1.165, 1.54) is 16.7 Å². The van der Waals surface area contributed by atoms with Gasteiger partial charge in [0.25, 0.3) is 11.5 Å². The van der Waals surface area contributed by atoms with Gasteiger partial charge in [0.2, 0.25) is 0 Å². The molecule has 3 heterocycles. The number of hydrogen-bond acceptors (Lipinski definition) is 5. The van der Waals surface area contributed by atoms with Crippen LogP contribution in [0.4, 0.5) is 5.69 Å². The molecular formula is C30H23N5O2S2. The molecule has 0 aliphatic carbocycles. The number of carbonyl (C=O) groups is 1. The molecule has 0 atom stereocenters. The van der Waals surface area contributed by atoms with Crippen molar-refractivity contribution in [3.05, 3.63) is 124 Å². The van der Waals surface area contributed by atoms with E-state index in [2.05, 4.69) is 0 Å². The summed E-state index contributed by atoms with van der Waals surface area (Å²) in [6.45, 7) is 1.82. The highest BCUT2D eigenvalue weighted by Gasteiger charge is 2.38. The van der Waals surface area contributed by atoms with Crippen LogP contribution in [0.3, 0.4) is 0 Å². The van der Waals surface area contributed by atoms with Crippen LogP contribution < -0.4 is 10.5 Å². The largest absolute Gasteiger partial charge is 0.296 e. The van der Waals surface area contributed by atoms with Crippen molar-refractivity contribution in [2.45, 2.75) is 6.92 Å². The third kappa shape index (κ3) is 4.35. The maximum atomic E-state index is 13.8. The SMILES string of the molecule is Cc1c(N2C(=O)C(=Cc3cn(-c4ccccc4)nc3-c3ccccc3)SC2=S)c(=O)n(-c2ccccc2)n1C. The van der Waals surface area contributed by atoms with Crippen LogP contribution in [-0.2, 0) is 11.8 Å². The fourth-order valence-corrected chi connectivity index (χ4v) is 5.90. The van der Waals surface area contributed by atoms with E-state index in [0.717, 1.165) is 22.5 Å². The van der Waals surface area contributed by atoms with Crippen LogP contribution in [0.25, 0.3) is 28.7 Å². The van der Waals surface area contributed by atoms with Crippen molar-refractivity contribution in [2.75, 3.05) is 4.90 Å². The molecule has 1 saturated heterocycles. The third-order valence-electron chi connectivity index (χ3n) is 6.64. The van der Waals surface area contributed by atoms with Crippen molar-refractivity contribution in [3.63, 3.8) is 0 Å². The Morgan fingerprint density at radius 3 is 2.08 bits per heavy atom. The summed E-state index contributed by atoms with van der Waals surface area (Å²) in [5, 5.41) is 4.84. The van der Waals surface area contributed by atoms with E-state index >= 15 is 0 Å². The average Bonchev–Trinajstić information content (AvgIpc) is 3.57. The number of nitrogens with zero attached hydrogens (tertiary/aromatic N) is 5. The summed E-state index contributed by atoms with van der Waals surface area (Å²) in [5.41, 5.74) is 4.66. The number of para-hydroxylation sites is 2. The quantitative estimate of drug-likeness (QED) is 0.207. The van der Waals surface area contributed by atoms with Gasteiger partial charge in [-0.1, -0.05) is 90.7 Å². The van der Waals surface area contributed by atoms with Gasteiger partial charge in [-0.2, -0.15) is 5.10 Å². The smallest absolute Gasteiger partial charge is 0.283 e. The van der Waals surface area contributed by atoms with E-state index in [9.17, 15) is 9.59 Å². The number of aromatic nitrogens is 4. The third-order valence-corrected chi connectivity index (χ3v) is 7.94. The van der Waals surface area contributed by atoms with E-state index in [0.29, 0.717) is 20.6 Å². The first kappa shape index (κ1) is 24.8. The Labute approximate surface area is 234 Å². The highest BCUT2D eigenvalue weighted by Crippen LogP contribution is 2.37. The molecular weight excluding hydrogens is 526 g/mol. The lowest BCUT2D eigenvalue weighted by atomic mass is 10.1. The van der Waals surface area contributed by atoms with Crippen LogP contribution in [-0.4, -0.2) is 29.4 Å². The Balaban J connectivity index is 1.43. The average molecular weight is 550 g/mol. The van der Waals surface area contributed by atoms with Crippen molar-refractivity contribution >= 4 is 46.0 Å². The van der Waals surface area contributed by atoms with Gasteiger partial charge >= 0.3 is 0 Å². The molecule has 9 heteroatoms. The minimum atomic E-state index is -0.331. The van der Waals surface area contributed by atoms with Crippen LogP contribution in [0.15, 0.2) is 107 Å². The van der Waals surface area contributed by atoms with Crippen LogP contribution >= 0.6 is 24.0 Å². The Bertz CT molecular complexity index is 1800. The van der Waals surface area contributed by atoms with Gasteiger partial charge in [-0.05, 0) is 37.3 Å². The predicted octanol–water partition coefficient (Wildman–Crippen LogP) is 5.74. The van der Waals surface area contributed by atoms with Crippen molar-refractivity contribution < 1.29 is 4.79 Å². The molecule has 1 aliphatic rings. The normalized spacial score (nSPS) is 14.5. The lowest BCUT2D eigenvalue weighted by molar-refractivity contribution is -0.113. The second-order valence-corrected chi connectivity index (χ2v) is 10.7. The number of thioether (sulfide) groups is 1. The number of thiocarbonyl (C=S) groups is 1. The summed E-state index contributed by atoms with van der Waals surface area (Å²) in [6, 6.07) is 29.0. The van der Waals surface area contributed by atoms with E-state index in [4.69, 9.17) is 17.3 Å². The van der Waals surface area contributed by atoms with Gasteiger partial charge < -0.3 is 0 Å². The number of amides is 1. The molecule has 2 aromatic heterocycles. The highest BCUT2D eigenvalue weighted by molar-refractivity contribution is 8.27. The summed E-state index contributed by atoms with van der Waals surface area (Å²) in [6.07, 6.45) is 3.71. The molecule has 1 fully saturated rings. The van der Waals surface area contributed by atoms with Crippen LogP contribution in [0.2, 0.25) is 0 Å². The summed E-state index contributed by atoms with van der Waals surface area (Å²) >= 11 is 6.82. The molecule has 0 bridgehead atoms. The second kappa shape index (κ2) is 10.0. The van der Waals surface area contributed by atoms with Crippen molar-refractivity contribution in [1.82, 2.24) is 19.1 Å². The summed E-state index contributed by atoms with van der Waals surface area (Å²) in [5.74, 6) is -0.331. The number of hydrogen-bond donors (Lipinski definition) is 0. The van der Waals surface area contributed by atoms with E-state index in [-0.39, 0.29) is 17.2 Å². The molecule has 1 aliphatic heterocycles. The topological polar surface area (TPSA) is 65.1 Å². The standard InChI is InChI=1S/C30H23N5O2S2/c1-20-27(29(37)35(32(20)2)24-16-10-5-11-17-24)34-28(36)25(39-30(34)38)18-22-19-33(23-14-8-4-9-15-23)31-26(22)21-12-6-3-7-13-21/h3-19H,1-2H3. The molecule has 3 aromatic carbocycles. The Morgan fingerprint density at radius 2 is 1.44 bits per heavy atom. The first-order chi connectivity index (χ1) is 18.9. The number of benzene rings is 3. The summed E-state index contributed by atoms with van der Waals surface area (Å²) in [4.78, 5) is 29.2. The zero-order valence-corrected chi connectivity index (χ0v) is 22.8. The number of anilines is 1. The van der Waals surface area contributed by atoms with Crippen LogP contribution in [0.5, 0.6) is 0 Å². The summed E-state index contributed by atoms with van der Waals surface area (Å²) < 4.78 is 5.40. The first-order valence-electron chi connectivity index (χ1n) is 12.3. The molecule has 0 unspecified atom stereocenters. The zero-order chi connectivity index (χ0) is 27.1. The molecule has 6 rings (SSSR count). The molecule has 7 nitrogen and oxygen atoms in total. The van der Waals surface area contributed by atoms with Crippen molar-refractivity contribution in [3.8, 4) is 22.6 Å². The molecule has 1 amide bonds. The minimum absolute atomic E-state index is 0.260.